The second-order valence-electron chi connectivity index (χ2n) is 9.97. The molecule has 2 aliphatic rings. The molecule has 1 aliphatic carbocycles. The largest absolute Gasteiger partial charge is 0.352 e. The van der Waals surface area contributed by atoms with Gasteiger partial charge in [0.2, 0.25) is 11.8 Å². The van der Waals surface area contributed by atoms with Crippen LogP contribution in [0.4, 0.5) is 24.7 Å². The number of rotatable bonds is 7. The number of carbonyl (C=O) groups is 3. The first kappa shape index (κ1) is 28.0. The van der Waals surface area contributed by atoms with E-state index in [-0.39, 0.29) is 35.5 Å². The summed E-state index contributed by atoms with van der Waals surface area (Å²) in [5, 5.41) is 15.0. The van der Waals surface area contributed by atoms with Gasteiger partial charge in [-0.25, -0.2) is 18.2 Å². The molecule has 210 valence electrons. The molecule has 0 spiro atoms. The van der Waals surface area contributed by atoms with Crippen LogP contribution in [0.3, 0.4) is 0 Å². The van der Waals surface area contributed by atoms with E-state index in [0.717, 1.165) is 17.2 Å². The molecule has 5 rings (SSSR count). The molecule has 3 amide bonds. The third-order valence-corrected chi connectivity index (χ3v) is 7.46. The predicted octanol–water partition coefficient (Wildman–Crippen LogP) is 4.34. The fraction of sp³-hybridized carbons (Fsp3) is 0.286. The summed E-state index contributed by atoms with van der Waals surface area (Å²) in [5.74, 6) is -7.40. The number of pyridine rings is 2. The van der Waals surface area contributed by atoms with E-state index in [1.165, 1.54) is 48.8 Å². The number of anilines is 2. The Labute approximate surface area is 237 Å². The Morgan fingerprint density at radius 3 is 2.54 bits per heavy atom. The Hall–Kier alpha value is -4.50. The molecule has 13 heteroatoms. The number of hydrogen-bond acceptors (Lipinski definition) is 6. The van der Waals surface area contributed by atoms with Crippen molar-refractivity contribution >= 4 is 40.8 Å². The lowest BCUT2D eigenvalue weighted by atomic mass is 9.74. The summed E-state index contributed by atoms with van der Waals surface area (Å²) < 4.78 is 41.2. The van der Waals surface area contributed by atoms with Crippen LogP contribution in [0, 0.1) is 17.1 Å². The number of aromatic nitrogens is 2. The van der Waals surface area contributed by atoms with Crippen LogP contribution in [0.25, 0.3) is 0 Å². The fourth-order valence-electron chi connectivity index (χ4n) is 5.37. The van der Waals surface area contributed by atoms with Gasteiger partial charge in [-0.15, -0.1) is 0 Å². The Kier molecular flexibility index (Phi) is 7.40. The van der Waals surface area contributed by atoms with E-state index in [1.54, 1.807) is 0 Å². The maximum absolute atomic E-state index is 14.3. The van der Waals surface area contributed by atoms with Gasteiger partial charge in [0.25, 0.3) is 11.8 Å². The summed E-state index contributed by atoms with van der Waals surface area (Å²) in [6, 6.07) is 10.8. The molecule has 1 saturated carbocycles. The highest BCUT2D eigenvalue weighted by atomic mass is 35.5. The number of hydrogen-bond donors (Lipinski definition) is 2. The van der Waals surface area contributed by atoms with Crippen molar-refractivity contribution in [3.63, 3.8) is 0 Å². The van der Waals surface area contributed by atoms with Crippen LogP contribution < -0.4 is 15.5 Å². The minimum atomic E-state index is -2.93. The van der Waals surface area contributed by atoms with Crippen LogP contribution in [0.5, 0.6) is 0 Å². The van der Waals surface area contributed by atoms with E-state index in [4.69, 9.17) is 11.6 Å². The van der Waals surface area contributed by atoms with Gasteiger partial charge in [0.15, 0.2) is 0 Å². The van der Waals surface area contributed by atoms with Gasteiger partial charge in [0, 0.05) is 42.6 Å². The number of nitriles is 1. The number of nitrogens with zero attached hydrogens (tertiary/aromatic N) is 4. The lowest BCUT2D eigenvalue weighted by molar-refractivity contribution is -0.136. The van der Waals surface area contributed by atoms with Crippen LogP contribution in [-0.2, 0) is 14.4 Å². The van der Waals surface area contributed by atoms with Crippen molar-refractivity contribution in [3.05, 3.63) is 83.0 Å². The van der Waals surface area contributed by atoms with Crippen molar-refractivity contribution in [2.75, 3.05) is 10.2 Å². The number of halogens is 4. The van der Waals surface area contributed by atoms with Gasteiger partial charge in [-0.3, -0.25) is 24.3 Å². The standard InChI is InChI=1S/C28H22ClF3N6O3/c29-18-3-1-17(2-4-18)24(25(40)36-21-11-27(31,32)12-21)28(26(41)37-20-10-19(30)14-34-15-20)7-5-23(39)38(28)22-9-16(13-33)6-8-35-22/h1-4,6,8-10,14-15,21,24H,5,7,11-12H2,(H,36,40)(H,37,41)/t24-,28?/m1/s1. The lowest BCUT2D eigenvalue weighted by Crippen LogP contribution is -2.63. The average Bonchev–Trinajstić information content (AvgIpc) is 3.26. The molecule has 1 aromatic carbocycles. The zero-order valence-corrected chi connectivity index (χ0v) is 22.0. The Bertz CT molecular complexity index is 1560. The predicted molar refractivity (Wildman–Crippen MR) is 142 cm³/mol. The van der Waals surface area contributed by atoms with Crippen molar-refractivity contribution in [2.45, 2.75) is 49.1 Å². The number of alkyl halides is 2. The molecule has 3 heterocycles. The van der Waals surface area contributed by atoms with Gasteiger partial charge in [0.05, 0.1) is 35.6 Å². The van der Waals surface area contributed by atoms with Crippen molar-refractivity contribution in [1.29, 1.82) is 5.26 Å². The molecule has 3 aromatic rings. The first-order valence-corrected chi connectivity index (χ1v) is 12.9. The van der Waals surface area contributed by atoms with Crippen LogP contribution in [0.1, 0.15) is 42.7 Å². The first-order chi connectivity index (χ1) is 19.5. The first-order valence-electron chi connectivity index (χ1n) is 12.6. The quantitative estimate of drug-likeness (QED) is 0.426. The van der Waals surface area contributed by atoms with Crippen molar-refractivity contribution in [2.24, 2.45) is 0 Å². The van der Waals surface area contributed by atoms with Crippen molar-refractivity contribution in [3.8, 4) is 6.07 Å². The molecule has 1 unspecified atom stereocenters. The van der Waals surface area contributed by atoms with E-state index in [0.29, 0.717) is 5.02 Å². The molecular weight excluding hydrogens is 561 g/mol. The second-order valence-corrected chi connectivity index (χ2v) is 10.4. The minimum Gasteiger partial charge on any atom is -0.352 e. The number of benzene rings is 1. The molecule has 41 heavy (non-hydrogen) atoms. The van der Waals surface area contributed by atoms with Gasteiger partial charge >= 0.3 is 0 Å². The van der Waals surface area contributed by atoms with E-state index in [1.807, 2.05) is 6.07 Å². The zero-order chi connectivity index (χ0) is 29.4. The highest BCUT2D eigenvalue weighted by Crippen LogP contribution is 2.46. The molecular formula is C28H22ClF3N6O3. The highest BCUT2D eigenvalue weighted by Gasteiger charge is 2.60. The Morgan fingerprint density at radius 2 is 1.88 bits per heavy atom. The summed E-state index contributed by atoms with van der Waals surface area (Å²) >= 11 is 6.09. The lowest BCUT2D eigenvalue weighted by Gasteiger charge is -2.43. The summed E-state index contributed by atoms with van der Waals surface area (Å²) in [6.45, 7) is 0. The average molecular weight is 583 g/mol. The Balaban J connectivity index is 1.68. The minimum absolute atomic E-state index is 0.0405. The molecule has 0 radical (unpaired) electrons. The summed E-state index contributed by atoms with van der Waals surface area (Å²) in [6.07, 6.45) is 1.88. The van der Waals surface area contributed by atoms with E-state index >= 15 is 0 Å². The monoisotopic (exact) mass is 582 g/mol. The molecule has 1 aliphatic heterocycles. The van der Waals surface area contributed by atoms with E-state index < -0.39 is 59.8 Å². The van der Waals surface area contributed by atoms with Crippen LogP contribution in [-0.4, -0.2) is 45.2 Å². The molecule has 0 bridgehead atoms. The normalized spacial score (nSPS) is 20.6. The zero-order valence-electron chi connectivity index (χ0n) is 21.3. The molecule has 2 aromatic heterocycles. The van der Waals surface area contributed by atoms with Gasteiger partial charge < -0.3 is 10.6 Å². The maximum Gasteiger partial charge on any atom is 0.252 e. The third-order valence-electron chi connectivity index (χ3n) is 7.21. The summed E-state index contributed by atoms with van der Waals surface area (Å²) in [4.78, 5) is 50.8. The molecule has 1 saturated heterocycles. The van der Waals surface area contributed by atoms with Crippen molar-refractivity contribution in [1.82, 2.24) is 15.3 Å². The summed E-state index contributed by atoms with van der Waals surface area (Å²) in [5.41, 5.74) is -1.65. The third kappa shape index (κ3) is 5.45. The second kappa shape index (κ2) is 10.8. The van der Waals surface area contributed by atoms with Gasteiger partial charge in [-0.05, 0) is 36.2 Å². The molecule has 2 N–H and O–H groups in total. The smallest absolute Gasteiger partial charge is 0.252 e. The fourth-order valence-corrected chi connectivity index (χ4v) is 5.50. The van der Waals surface area contributed by atoms with Gasteiger partial charge in [-0.2, -0.15) is 5.26 Å². The van der Waals surface area contributed by atoms with Crippen molar-refractivity contribution < 1.29 is 27.6 Å². The van der Waals surface area contributed by atoms with Crippen LogP contribution in [0.15, 0.2) is 61.1 Å². The summed E-state index contributed by atoms with van der Waals surface area (Å²) in [7, 11) is 0. The number of carbonyl (C=O) groups excluding carboxylic acids is 3. The maximum atomic E-state index is 14.3. The number of nitrogens with one attached hydrogen (secondary N) is 2. The number of amides is 3. The van der Waals surface area contributed by atoms with E-state index in [2.05, 4.69) is 20.6 Å². The highest BCUT2D eigenvalue weighted by molar-refractivity contribution is 6.30. The van der Waals surface area contributed by atoms with Crippen LogP contribution in [0.2, 0.25) is 5.02 Å². The van der Waals surface area contributed by atoms with Crippen LogP contribution >= 0.6 is 11.6 Å². The molecule has 9 nitrogen and oxygen atoms in total. The Morgan fingerprint density at radius 1 is 1.15 bits per heavy atom. The molecule has 2 atom stereocenters. The van der Waals surface area contributed by atoms with Gasteiger partial charge in [0.1, 0.15) is 17.2 Å². The SMILES string of the molecule is N#Cc1ccnc(N2C(=O)CCC2(C(=O)Nc2cncc(F)c2)[C@@H](C(=O)NC2CC(F)(F)C2)c2ccc(Cl)cc2)c1. The van der Waals surface area contributed by atoms with Gasteiger partial charge in [-0.1, -0.05) is 23.7 Å². The molecule has 2 fully saturated rings. The topological polar surface area (TPSA) is 128 Å². The van der Waals surface area contributed by atoms with E-state index in [9.17, 15) is 32.8 Å².